The van der Waals surface area contributed by atoms with Crippen molar-refractivity contribution in [1.82, 2.24) is 4.98 Å². The SMILES string of the molecule is CC=N/C(=C\CC)c1cc(C)cc(-c2ccccc2)n1. The molecular formula is C18H20N2. The van der Waals surface area contributed by atoms with Crippen molar-refractivity contribution < 1.29 is 0 Å². The highest BCUT2D eigenvalue weighted by atomic mass is 14.8. The third-order valence-corrected chi connectivity index (χ3v) is 2.97. The lowest BCUT2D eigenvalue weighted by Crippen LogP contribution is -1.93. The van der Waals surface area contributed by atoms with E-state index in [1.807, 2.05) is 31.3 Å². The fourth-order valence-corrected chi connectivity index (χ4v) is 2.11. The molecule has 0 spiro atoms. The number of benzene rings is 1. The second-order valence-electron chi connectivity index (χ2n) is 4.67. The van der Waals surface area contributed by atoms with Gasteiger partial charge in [0.25, 0.3) is 0 Å². The van der Waals surface area contributed by atoms with Crippen LogP contribution in [0.25, 0.3) is 17.0 Å². The van der Waals surface area contributed by atoms with Crippen LogP contribution >= 0.6 is 0 Å². The van der Waals surface area contributed by atoms with E-state index >= 15 is 0 Å². The highest BCUT2D eigenvalue weighted by molar-refractivity contribution is 5.73. The topological polar surface area (TPSA) is 25.2 Å². The van der Waals surface area contributed by atoms with Crippen LogP contribution < -0.4 is 0 Å². The van der Waals surface area contributed by atoms with Crippen molar-refractivity contribution in [1.29, 1.82) is 0 Å². The fraction of sp³-hybridized carbons (Fsp3) is 0.222. The lowest BCUT2D eigenvalue weighted by molar-refractivity contribution is 1.18. The first-order valence-electron chi connectivity index (χ1n) is 6.98. The minimum atomic E-state index is 0.934. The van der Waals surface area contributed by atoms with Gasteiger partial charge in [-0.1, -0.05) is 43.3 Å². The first-order valence-corrected chi connectivity index (χ1v) is 6.98. The predicted molar refractivity (Wildman–Crippen MR) is 86.8 cm³/mol. The molecule has 0 fully saturated rings. The molecule has 0 unspecified atom stereocenters. The van der Waals surface area contributed by atoms with Gasteiger partial charge in [-0.3, -0.25) is 4.99 Å². The molecule has 1 aromatic carbocycles. The fourth-order valence-electron chi connectivity index (χ4n) is 2.11. The zero-order chi connectivity index (χ0) is 14.4. The molecule has 1 heterocycles. The maximum absolute atomic E-state index is 4.76. The number of rotatable bonds is 4. The quantitative estimate of drug-likeness (QED) is 0.721. The summed E-state index contributed by atoms with van der Waals surface area (Å²) in [6, 6.07) is 14.4. The van der Waals surface area contributed by atoms with Gasteiger partial charge in [0.15, 0.2) is 0 Å². The first kappa shape index (κ1) is 14.2. The number of aryl methyl sites for hydroxylation is 1. The Hall–Kier alpha value is -2.22. The number of nitrogens with zero attached hydrogens (tertiary/aromatic N) is 2. The summed E-state index contributed by atoms with van der Waals surface area (Å²) in [6.45, 7) is 6.13. The lowest BCUT2D eigenvalue weighted by atomic mass is 10.1. The molecule has 1 aromatic heterocycles. The standard InChI is InChI=1S/C18H20N2/c1-4-9-16(19-5-2)18-13-14(3)12-17(20-18)15-10-7-6-8-11-15/h5-13H,4H2,1-3H3/b16-9-,19-5?. The Balaban J connectivity index is 2.51. The lowest BCUT2D eigenvalue weighted by Gasteiger charge is -2.07. The third-order valence-electron chi connectivity index (χ3n) is 2.97. The van der Waals surface area contributed by atoms with Gasteiger partial charge in [-0.05, 0) is 38.0 Å². The highest BCUT2D eigenvalue weighted by Gasteiger charge is 2.06. The number of hydrogen-bond donors (Lipinski definition) is 0. The summed E-state index contributed by atoms with van der Waals surface area (Å²) in [7, 11) is 0. The summed E-state index contributed by atoms with van der Waals surface area (Å²) in [5.74, 6) is 0. The summed E-state index contributed by atoms with van der Waals surface area (Å²) < 4.78 is 0. The highest BCUT2D eigenvalue weighted by Crippen LogP contribution is 2.23. The molecule has 0 bridgehead atoms. The van der Waals surface area contributed by atoms with Crippen molar-refractivity contribution in [3.05, 3.63) is 59.8 Å². The molecule has 0 radical (unpaired) electrons. The maximum Gasteiger partial charge on any atom is 0.0892 e. The Labute approximate surface area is 120 Å². The average Bonchev–Trinajstić information content (AvgIpc) is 2.47. The van der Waals surface area contributed by atoms with Crippen LogP contribution in [0.3, 0.4) is 0 Å². The zero-order valence-corrected chi connectivity index (χ0v) is 12.3. The molecule has 2 nitrogen and oxygen atoms in total. The second kappa shape index (κ2) is 6.80. The second-order valence-corrected chi connectivity index (χ2v) is 4.67. The van der Waals surface area contributed by atoms with Crippen molar-refractivity contribution in [3.63, 3.8) is 0 Å². The van der Waals surface area contributed by atoms with Gasteiger partial charge in [0.2, 0.25) is 0 Å². The number of aromatic nitrogens is 1. The molecular weight excluding hydrogens is 244 g/mol. The van der Waals surface area contributed by atoms with E-state index in [0.29, 0.717) is 0 Å². The molecule has 20 heavy (non-hydrogen) atoms. The Kier molecular flexibility index (Phi) is 4.83. The Morgan fingerprint density at radius 3 is 2.60 bits per heavy atom. The minimum Gasteiger partial charge on any atom is -0.260 e. The van der Waals surface area contributed by atoms with Crippen LogP contribution in [-0.2, 0) is 0 Å². The average molecular weight is 264 g/mol. The van der Waals surface area contributed by atoms with Crippen LogP contribution in [0.5, 0.6) is 0 Å². The first-order chi connectivity index (χ1) is 9.74. The van der Waals surface area contributed by atoms with E-state index < -0.39 is 0 Å². The maximum atomic E-state index is 4.76. The van der Waals surface area contributed by atoms with Gasteiger partial charge in [0.05, 0.1) is 17.1 Å². The minimum absolute atomic E-state index is 0.934. The van der Waals surface area contributed by atoms with E-state index in [-0.39, 0.29) is 0 Å². The number of allylic oxidation sites excluding steroid dienone is 1. The van der Waals surface area contributed by atoms with E-state index in [9.17, 15) is 0 Å². The molecule has 0 saturated heterocycles. The molecule has 0 aliphatic heterocycles. The largest absolute Gasteiger partial charge is 0.260 e. The van der Waals surface area contributed by atoms with Crippen molar-refractivity contribution in [2.24, 2.45) is 4.99 Å². The van der Waals surface area contributed by atoms with Crippen LogP contribution in [-0.4, -0.2) is 11.2 Å². The van der Waals surface area contributed by atoms with E-state index in [1.165, 1.54) is 5.56 Å². The van der Waals surface area contributed by atoms with Gasteiger partial charge in [-0.15, -0.1) is 0 Å². The van der Waals surface area contributed by atoms with Crippen molar-refractivity contribution >= 4 is 11.9 Å². The molecule has 2 aromatic rings. The Bertz CT molecular complexity index is 625. The zero-order valence-electron chi connectivity index (χ0n) is 12.3. The molecule has 0 atom stereocenters. The molecule has 0 N–H and O–H groups in total. The van der Waals surface area contributed by atoms with Gasteiger partial charge in [-0.25, -0.2) is 4.98 Å². The van der Waals surface area contributed by atoms with E-state index in [2.05, 4.69) is 49.2 Å². The smallest absolute Gasteiger partial charge is 0.0892 e. The summed E-state index contributed by atoms with van der Waals surface area (Å²) in [5, 5.41) is 0. The summed E-state index contributed by atoms with van der Waals surface area (Å²) in [4.78, 5) is 9.19. The van der Waals surface area contributed by atoms with E-state index in [0.717, 1.165) is 29.1 Å². The van der Waals surface area contributed by atoms with E-state index in [4.69, 9.17) is 4.98 Å². The van der Waals surface area contributed by atoms with Crippen LogP contribution in [0.15, 0.2) is 53.5 Å². The third kappa shape index (κ3) is 3.41. The van der Waals surface area contributed by atoms with Gasteiger partial charge < -0.3 is 0 Å². The summed E-state index contributed by atoms with van der Waals surface area (Å²) in [5.41, 5.74) is 5.20. The van der Waals surface area contributed by atoms with Crippen LogP contribution in [0.4, 0.5) is 0 Å². The van der Waals surface area contributed by atoms with Gasteiger partial charge in [-0.2, -0.15) is 0 Å². The summed E-state index contributed by atoms with van der Waals surface area (Å²) >= 11 is 0. The number of aliphatic imine (C=N–C) groups is 1. The molecule has 0 aliphatic rings. The van der Waals surface area contributed by atoms with Crippen LogP contribution in [0.1, 0.15) is 31.5 Å². The molecule has 0 saturated carbocycles. The van der Waals surface area contributed by atoms with Crippen LogP contribution in [0.2, 0.25) is 0 Å². The molecule has 0 aliphatic carbocycles. The predicted octanol–water partition coefficient (Wildman–Crippen LogP) is 4.90. The van der Waals surface area contributed by atoms with E-state index in [1.54, 1.807) is 0 Å². The molecule has 0 amide bonds. The Morgan fingerprint density at radius 2 is 1.95 bits per heavy atom. The molecule has 2 heteroatoms. The van der Waals surface area contributed by atoms with Crippen LogP contribution in [0, 0.1) is 6.92 Å². The molecule has 2 rings (SSSR count). The van der Waals surface area contributed by atoms with Gasteiger partial charge >= 0.3 is 0 Å². The van der Waals surface area contributed by atoms with Gasteiger partial charge in [0.1, 0.15) is 0 Å². The van der Waals surface area contributed by atoms with Crippen molar-refractivity contribution in [3.8, 4) is 11.3 Å². The van der Waals surface area contributed by atoms with Gasteiger partial charge in [0, 0.05) is 11.8 Å². The normalized spacial score (nSPS) is 12.1. The Morgan fingerprint density at radius 1 is 1.20 bits per heavy atom. The monoisotopic (exact) mass is 264 g/mol. The number of pyridine rings is 1. The molecule has 102 valence electrons. The number of hydrogen-bond acceptors (Lipinski definition) is 2. The van der Waals surface area contributed by atoms with Crippen molar-refractivity contribution in [2.75, 3.05) is 0 Å². The summed E-state index contributed by atoms with van der Waals surface area (Å²) in [6.07, 6.45) is 4.87. The van der Waals surface area contributed by atoms with Crippen molar-refractivity contribution in [2.45, 2.75) is 27.2 Å².